The van der Waals surface area contributed by atoms with Crippen molar-refractivity contribution in [3.05, 3.63) is 12.7 Å². The number of hydrogen-bond donors (Lipinski definition) is 5. The molecule has 29 heavy (non-hydrogen) atoms. The summed E-state index contributed by atoms with van der Waals surface area (Å²) in [7, 11) is 0. The second-order valence-electron chi connectivity index (χ2n) is 5.94. The quantitative estimate of drug-likeness (QED) is 0.404. The molecule has 4 unspecified atom stereocenters. The van der Waals surface area contributed by atoms with Crippen LogP contribution in [0.25, 0.3) is 11.2 Å². The van der Waals surface area contributed by atoms with Crippen molar-refractivity contribution in [1.29, 1.82) is 0 Å². The minimum absolute atomic E-state index is 0.0565. The van der Waals surface area contributed by atoms with Crippen LogP contribution in [-0.4, -0.2) is 71.2 Å². The van der Waals surface area contributed by atoms with Gasteiger partial charge in [-0.3, -0.25) is 9.36 Å². The Bertz CT molecular complexity index is 890. The molecule has 160 valence electrons. The Hall–Kier alpha value is -3.04. The molecule has 1 aliphatic heterocycles. The highest BCUT2D eigenvalue weighted by atomic mass is 19.4. The van der Waals surface area contributed by atoms with Gasteiger partial charge in [-0.1, -0.05) is 0 Å². The van der Waals surface area contributed by atoms with Gasteiger partial charge in [0.1, 0.15) is 24.1 Å². The minimum atomic E-state index is -5.08. The van der Waals surface area contributed by atoms with E-state index in [4.69, 9.17) is 26.1 Å². The fraction of sp³-hybridized carbons (Fsp3) is 0.500. The Morgan fingerprint density at radius 1 is 1.21 bits per heavy atom. The maximum Gasteiger partial charge on any atom is 0.490 e. The molecule has 12 nitrogen and oxygen atoms in total. The van der Waals surface area contributed by atoms with E-state index in [-0.39, 0.29) is 18.7 Å². The normalized spacial score (nSPS) is 24.2. The summed E-state index contributed by atoms with van der Waals surface area (Å²) in [5, 5.41) is 27.4. The summed E-state index contributed by atoms with van der Waals surface area (Å²) in [6.07, 6.45) is -6.04. The van der Waals surface area contributed by atoms with E-state index in [2.05, 4.69) is 15.0 Å². The predicted molar refractivity (Wildman–Crippen MR) is 87.8 cm³/mol. The van der Waals surface area contributed by atoms with Crippen molar-refractivity contribution in [1.82, 2.24) is 19.5 Å². The SMILES string of the molecule is NC(=O)CCC1OC(n2cnc3c(N)ncnc32)C(O)C1O.O=C(O)C(F)(F)F. The molecule has 15 heteroatoms. The van der Waals surface area contributed by atoms with E-state index in [1.807, 2.05) is 0 Å². The number of fused-ring (bicyclic) bond motifs is 1. The number of amides is 1. The summed E-state index contributed by atoms with van der Waals surface area (Å²) in [6.45, 7) is 0. The number of nitrogens with zero attached hydrogens (tertiary/aromatic N) is 4. The Balaban J connectivity index is 0.000000370. The fourth-order valence-electron chi connectivity index (χ4n) is 2.54. The predicted octanol–water partition coefficient (Wildman–Crippen LogP) is -1.07. The number of imidazole rings is 1. The highest BCUT2D eigenvalue weighted by molar-refractivity contribution is 5.81. The molecular formula is C14H17F3N6O6. The number of aliphatic hydroxyl groups is 2. The zero-order valence-corrected chi connectivity index (χ0v) is 14.5. The van der Waals surface area contributed by atoms with E-state index in [1.54, 1.807) is 0 Å². The van der Waals surface area contributed by atoms with E-state index < -0.39 is 42.6 Å². The van der Waals surface area contributed by atoms with Crippen molar-refractivity contribution in [2.75, 3.05) is 5.73 Å². The third-order valence-electron chi connectivity index (χ3n) is 3.92. The van der Waals surface area contributed by atoms with Gasteiger partial charge >= 0.3 is 12.1 Å². The van der Waals surface area contributed by atoms with Crippen molar-refractivity contribution < 1.29 is 42.8 Å². The first-order valence-electron chi connectivity index (χ1n) is 7.96. The van der Waals surface area contributed by atoms with Crippen molar-refractivity contribution >= 4 is 28.9 Å². The third kappa shape index (κ3) is 5.07. The number of halogens is 3. The number of carboxylic acid groups (broad SMARTS) is 1. The Morgan fingerprint density at radius 2 is 1.83 bits per heavy atom. The lowest BCUT2D eigenvalue weighted by Gasteiger charge is -2.16. The van der Waals surface area contributed by atoms with E-state index in [9.17, 15) is 28.2 Å². The number of carbonyl (C=O) groups excluding carboxylic acids is 1. The number of aromatic nitrogens is 4. The molecule has 7 N–H and O–H groups in total. The summed E-state index contributed by atoms with van der Waals surface area (Å²) in [5.41, 5.74) is 11.6. The van der Waals surface area contributed by atoms with Crippen LogP contribution in [0.4, 0.5) is 19.0 Å². The van der Waals surface area contributed by atoms with Crippen LogP contribution < -0.4 is 11.5 Å². The summed E-state index contributed by atoms with van der Waals surface area (Å²) in [6, 6.07) is 0. The molecule has 1 fully saturated rings. The number of rotatable bonds is 4. The van der Waals surface area contributed by atoms with E-state index in [0.29, 0.717) is 11.2 Å². The number of hydrogen-bond acceptors (Lipinski definition) is 9. The second kappa shape index (κ2) is 8.54. The summed E-state index contributed by atoms with van der Waals surface area (Å²) < 4.78 is 38.9. The lowest BCUT2D eigenvalue weighted by atomic mass is 10.1. The van der Waals surface area contributed by atoms with Crippen LogP contribution in [0.1, 0.15) is 19.1 Å². The van der Waals surface area contributed by atoms with Crippen LogP contribution in [0, 0.1) is 0 Å². The molecule has 1 aliphatic rings. The second-order valence-corrected chi connectivity index (χ2v) is 5.94. The summed E-state index contributed by atoms with van der Waals surface area (Å²) in [4.78, 5) is 31.7. The van der Waals surface area contributed by atoms with Gasteiger partial charge < -0.3 is 31.5 Å². The molecule has 1 amide bonds. The van der Waals surface area contributed by atoms with Crippen LogP contribution in [0.15, 0.2) is 12.7 Å². The molecule has 0 spiro atoms. The molecule has 3 rings (SSSR count). The summed E-state index contributed by atoms with van der Waals surface area (Å²) >= 11 is 0. The number of alkyl halides is 3. The van der Waals surface area contributed by atoms with Crippen molar-refractivity contribution in [3.8, 4) is 0 Å². The number of carboxylic acids is 1. The lowest BCUT2D eigenvalue weighted by Crippen LogP contribution is -2.32. The smallest absolute Gasteiger partial charge is 0.475 e. The van der Waals surface area contributed by atoms with Crippen LogP contribution in [0.2, 0.25) is 0 Å². The molecule has 1 saturated heterocycles. The first-order valence-corrected chi connectivity index (χ1v) is 7.96. The number of aliphatic carboxylic acids is 1. The number of nitrogens with two attached hydrogens (primary N) is 2. The van der Waals surface area contributed by atoms with Gasteiger partial charge in [0.25, 0.3) is 0 Å². The Morgan fingerprint density at radius 3 is 2.38 bits per heavy atom. The van der Waals surface area contributed by atoms with Crippen LogP contribution in [0.3, 0.4) is 0 Å². The largest absolute Gasteiger partial charge is 0.490 e. The first-order chi connectivity index (χ1) is 13.4. The average Bonchev–Trinajstić information content (AvgIpc) is 3.16. The number of aliphatic hydroxyl groups excluding tert-OH is 2. The Labute approximate surface area is 159 Å². The lowest BCUT2D eigenvalue weighted by molar-refractivity contribution is -0.192. The van der Waals surface area contributed by atoms with E-state index >= 15 is 0 Å². The van der Waals surface area contributed by atoms with Crippen LogP contribution in [-0.2, 0) is 14.3 Å². The monoisotopic (exact) mass is 422 g/mol. The topological polar surface area (TPSA) is 200 Å². The van der Waals surface area contributed by atoms with Gasteiger partial charge in [-0.15, -0.1) is 0 Å². The molecule has 0 aliphatic carbocycles. The highest BCUT2D eigenvalue weighted by Crippen LogP contribution is 2.33. The standard InChI is InChI=1S/C12H16N6O4.C2HF3O2/c13-6(19)2-1-5-8(20)9(21)12(22-5)18-4-17-7-10(14)15-3-16-11(7)18;3-2(4,5)1(6)7/h3-5,8-9,12,20-21H,1-2H2,(H2,13,19)(H2,14,15,16);(H,6,7). The molecule has 3 heterocycles. The number of carbonyl (C=O) groups is 2. The van der Waals surface area contributed by atoms with Gasteiger partial charge in [-0.2, -0.15) is 13.2 Å². The van der Waals surface area contributed by atoms with Crippen LogP contribution >= 0.6 is 0 Å². The Kier molecular flexibility index (Phi) is 6.55. The maximum absolute atomic E-state index is 10.8. The fourth-order valence-corrected chi connectivity index (χ4v) is 2.54. The molecule has 2 aromatic heterocycles. The molecule has 0 radical (unpaired) electrons. The third-order valence-corrected chi connectivity index (χ3v) is 3.92. The molecule has 4 atom stereocenters. The van der Waals surface area contributed by atoms with E-state index in [1.165, 1.54) is 17.2 Å². The zero-order chi connectivity index (χ0) is 21.9. The van der Waals surface area contributed by atoms with Gasteiger partial charge in [0.05, 0.1) is 12.4 Å². The van der Waals surface area contributed by atoms with Gasteiger partial charge in [0, 0.05) is 6.42 Å². The molecular weight excluding hydrogens is 405 g/mol. The molecule has 2 aromatic rings. The van der Waals surface area contributed by atoms with Crippen molar-refractivity contribution in [2.45, 2.75) is 43.6 Å². The van der Waals surface area contributed by atoms with Gasteiger partial charge in [-0.05, 0) is 6.42 Å². The first kappa shape index (κ1) is 22.3. The maximum atomic E-state index is 10.8. The van der Waals surface area contributed by atoms with Crippen LogP contribution in [0.5, 0.6) is 0 Å². The summed E-state index contributed by atoms with van der Waals surface area (Å²) in [5.74, 6) is -3.04. The number of nitrogen functional groups attached to an aromatic ring is 1. The number of ether oxygens (including phenoxy) is 1. The highest BCUT2D eigenvalue weighted by Gasteiger charge is 2.44. The number of primary amides is 1. The van der Waals surface area contributed by atoms with E-state index in [0.717, 1.165) is 0 Å². The van der Waals surface area contributed by atoms with Gasteiger partial charge in [-0.25, -0.2) is 19.7 Å². The average molecular weight is 422 g/mol. The number of anilines is 1. The van der Waals surface area contributed by atoms with Gasteiger partial charge in [0.15, 0.2) is 17.7 Å². The van der Waals surface area contributed by atoms with Gasteiger partial charge in [0.2, 0.25) is 5.91 Å². The molecule has 0 bridgehead atoms. The van der Waals surface area contributed by atoms with Crippen molar-refractivity contribution in [2.24, 2.45) is 5.73 Å². The van der Waals surface area contributed by atoms with Crippen molar-refractivity contribution in [3.63, 3.8) is 0 Å². The molecule has 0 saturated carbocycles. The minimum Gasteiger partial charge on any atom is -0.475 e. The molecule has 0 aromatic carbocycles. The zero-order valence-electron chi connectivity index (χ0n) is 14.5.